The molecule has 0 aromatic heterocycles. The van der Waals surface area contributed by atoms with E-state index in [1.165, 1.54) is 12.8 Å². The van der Waals surface area contributed by atoms with Gasteiger partial charge in [0.1, 0.15) is 0 Å². The van der Waals surface area contributed by atoms with Gasteiger partial charge in [-0.3, -0.25) is 0 Å². The second-order valence-electron chi connectivity index (χ2n) is 4.51. The van der Waals surface area contributed by atoms with Crippen LogP contribution in [-0.4, -0.2) is 64.1 Å². The maximum absolute atomic E-state index is 5.57. The fourth-order valence-electron chi connectivity index (χ4n) is 2.22. The Kier molecular flexibility index (Phi) is 6.96. The summed E-state index contributed by atoms with van der Waals surface area (Å²) in [4.78, 5) is 2.43. The number of nitrogens with one attached hydrogen (secondary N) is 1. The lowest BCUT2D eigenvalue weighted by molar-refractivity contribution is 0.0833. The number of hydrogen-bond donors (Lipinski definition) is 1. The lowest BCUT2D eigenvalue weighted by atomic mass is 10.1. The molecule has 2 unspecified atom stereocenters. The third kappa shape index (κ3) is 4.78. The highest BCUT2D eigenvalue weighted by Gasteiger charge is 2.27. The van der Waals surface area contributed by atoms with E-state index in [-0.39, 0.29) is 0 Å². The molecule has 0 spiro atoms. The van der Waals surface area contributed by atoms with Gasteiger partial charge in [0.05, 0.1) is 12.7 Å². The smallest absolute Gasteiger partial charge is 0.0702 e. The molecule has 2 atom stereocenters. The molecule has 0 aromatic carbocycles. The van der Waals surface area contributed by atoms with Crippen LogP contribution in [0.1, 0.15) is 19.8 Å². The van der Waals surface area contributed by atoms with Crippen LogP contribution in [0.25, 0.3) is 0 Å². The molecular formula is C12H26N2O2. The minimum absolute atomic E-state index is 0.395. The number of methoxy groups -OCH3 is 1. The molecule has 4 heteroatoms. The maximum atomic E-state index is 5.57. The Morgan fingerprint density at radius 2 is 2.25 bits per heavy atom. The van der Waals surface area contributed by atoms with Gasteiger partial charge in [-0.1, -0.05) is 0 Å². The zero-order chi connectivity index (χ0) is 11.8. The molecule has 0 aliphatic carbocycles. The van der Waals surface area contributed by atoms with Crippen molar-refractivity contribution in [2.75, 3.05) is 47.0 Å². The number of ether oxygens (including phenoxy) is 2. The Morgan fingerprint density at radius 1 is 1.44 bits per heavy atom. The lowest BCUT2D eigenvalue weighted by Crippen LogP contribution is -2.38. The Morgan fingerprint density at radius 3 is 2.88 bits per heavy atom. The van der Waals surface area contributed by atoms with Crippen molar-refractivity contribution < 1.29 is 9.47 Å². The van der Waals surface area contributed by atoms with Crippen molar-refractivity contribution in [3.05, 3.63) is 0 Å². The van der Waals surface area contributed by atoms with Crippen LogP contribution in [0.2, 0.25) is 0 Å². The van der Waals surface area contributed by atoms with Gasteiger partial charge in [0.15, 0.2) is 0 Å². The van der Waals surface area contributed by atoms with E-state index in [0.717, 1.165) is 32.8 Å². The van der Waals surface area contributed by atoms with Crippen LogP contribution >= 0.6 is 0 Å². The molecular weight excluding hydrogens is 204 g/mol. The molecule has 1 N–H and O–H groups in total. The van der Waals surface area contributed by atoms with E-state index >= 15 is 0 Å². The van der Waals surface area contributed by atoms with Crippen molar-refractivity contribution in [3.63, 3.8) is 0 Å². The summed E-state index contributed by atoms with van der Waals surface area (Å²) in [6.45, 7) is 7.04. The summed E-state index contributed by atoms with van der Waals surface area (Å²) in [6, 6.07) is 0.610. The van der Waals surface area contributed by atoms with Gasteiger partial charge in [0.25, 0.3) is 0 Å². The Hall–Kier alpha value is -0.160. The summed E-state index contributed by atoms with van der Waals surface area (Å²) < 4.78 is 10.5. The van der Waals surface area contributed by atoms with Crippen LogP contribution in [0.3, 0.4) is 0 Å². The number of nitrogens with zero attached hydrogens (tertiary/aromatic N) is 1. The van der Waals surface area contributed by atoms with E-state index < -0.39 is 0 Å². The number of hydrogen-bond acceptors (Lipinski definition) is 4. The molecule has 1 heterocycles. The molecule has 1 saturated heterocycles. The standard InChI is InChI=1S/C12H26N2O2/c1-11-12(5-9-16-11)14(2)8-4-6-13-7-10-15-3/h11-13H,4-10H2,1-3H3. The van der Waals surface area contributed by atoms with Gasteiger partial charge in [-0.25, -0.2) is 0 Å². The predicted octanol–water partition coefficient (Wildman–Crippen LogP) is 0.722. The van der Waals surface area contributed by atoms with E-state index in [1.807, 2.05) is 0 Å². The number of rotatable bonds is 8. The van der Waals surface area contributed by atoms with Crippen molar-refractivity contribution in [3.8, 4) is 0 Å². The van der Waals surface area contributed by atoms with Crippen molar-refractivity contribution in [1.82, 2.24) is 10.2 Å². The van der Waals surface area contributed by atoms with Crippen LogP contribution in [0.5, 0.6) is 0 Å². The van der Waals surface area contributed by atoms with E-state index in [1.54, 1.807) is 7.11 Å². The highest BCUT2D eigenvalue weighted by atomic mass is 16.5. The van der Waals surface area contributed by atoms with Crippen molar-refractivity contribution in [2.45, 2.75) is 31.9 Å². The first-order valence-electron chi connectivity index (χ1n) is 6.27. The lowest BCUT2D eigenvalue weighted by Gasteiger charge is -2.26. The zero-order valence-corrected chi connectivity index (χ0v) is 10.9. The topological polar surface area (TPSA) is 33.7 Å². The highest BCUT2D eigenvalue weighted by molar-refractivity contribution is 4.80. The van der Waals surface area contributed by atoms with Crippen LogP contribution in [-0.2, 0) is 9.47 Å². The zero-order valence-electron chi connectivity index (χ0n) is 10.9. The molecule has 16 heavy (non-hydrogen) atoms. The first-order chi connectivity index (χ1) is 7.75. The third-order valence-corrected chi connectivity index (χ3v) is 3.25. The van der Waals surface area contributed by atoms with Gasteiger partial charge in [-0.15, -0.1) is 0 Å². The van der Waals surface area contributed by atoms with Gasteiger partial charge < -0.3 is 19.7 Å². The largest absolute Gasteiger partial charge is 0.383 e. The van der Waals surface area contributed by atoms with Crippen LogP contribution < -0.4 is 5.32 Å². The SMILES string of the molecule is COCCNCCCN(C)C1CCOC1C. The summed E-state index contributed by atoms with van der Waals surface area (Å²) in [5.74, 6) is 0. The minimum atomic E-state index is 0.395. The molecule has 1 aliphatic heterocycles. The summed E-state index contributed by atoms with van der Waals surface area (Å²) >= 11 is 0. The van der Waals surface area contributed by atoms with Gasteiger partial charge in [0, 0.05) is 26.3 Å². The van der Waals surface area contributed by atoms with Crippen molar-refractivity contribution in [2.24, 2.45) is 0 Å². The fourth-order valence-corrected chi connectivity index (χ4v) is 2.22. The van der Waals surface area contributed by atoms with Crippen molar-refractivity contribution >= 4 is 0 Å². The van der Waals surface area contributed by atoms with E-state index in [0.29, 0.717) is 12.1 Å². The van der Waals surface area contributed by atoms with Gasteiger partial charge in [0.2, 0.25) is 0 Å². The van der Waals surface area contributed by atoms with Gasteiger partial charge in [-0.05, 0) is 39.9 Å². The molecule has 0 radical (unpaired) electrons. The summed E-state index contributed by atoms with van der Waals surface area (Å²) in [6.07, 6.45) is 2.75. The monoisotopic (exact) mass is 230 g/mol. The first kappa shape index (κ1) is 13.9. The Labute approximate surface area is 99.3 Å². The van der Waals surface area contributed by atoms with Gasteiger partial charge in [-0.2, -0.15) is 0 Å². The molecule has 0 bridgehead atoms. The summed E-state index contributed by atoms with van der Waals surface area (Å²) in [5, 5.41) is 3.36. The molecule has 0 saturated carbocycles. The second-order valence-corrected chi connectivity index (χ2v) is 4.51. The molecule has 1 rings (SSSR count). The Balaban J connectivity index is 1.99. The molecule has 4 nitrogen and oxygen atoms in total. The van der Waals surface area contributed by atoms with E-state index in [2.05, 4.69) is 24.2 Å². The van der Waals surface area contributed by atoms with Crippen molar-refractivity contribution in [1.29, 1.82) is 0 Å². The average molecular weight is 230 g/mol. The highest BCUT2D eigenvalue weighted by Crippen LogP contribution is 2.17. The molecule has 0 amide bonds. The van der Waals surface area contributed by atoms with Crippen LogP contribution in [0.4, 0.5) is 0 Å². The summed E-state index contributed by atoms with van der Waals surface area (Å²) in [7, 11) is 3.93. The van der Waals surface area contributed by atoms with E-state index in [9.17, 15) is 0 Å². The molecule has 96 valence electrons. The van der Waals surface area contributed by atoms with Gasteiger partial charge >= 0.3 is 0 Å². The Bertz CT molecular complexity index is 178. The quantitative estimate of drug-likeness (QED) is 0.623. The molecule has 0 aromatic rings. The van der Waals surface area contributed by atoms with E-state index in [4.69, 9.17) is 9.47 Å². The summed E-state index contributed by atoms with van der Waals surface area (Å²) in [5.41, 5.74) is 0. The van der Waals surface area contributed by atoms with Crippen LogP contribution in [0, 0.1) is 0 Å². The third-order valence-electron chi connectivity index (χ3n) is 3.25. The molecule has 1 fully saturated rings. The predicted molar refractivity (Wildman–Crippen MR) is 65.8 cm³/mol. The fraction of sp³-hybridized carbons (Fsp3) is 1.00. The maximum Gasteiger partial charge on any atom is 0.0702 e. The van der Waals surface area contributed by atoms with Crippen LogP contribution in [0.15, 0.2) is 0 Å². The minimum Gasteiger partial charge on any atom is -0.383 e. The average Bonchev–Trinajstić information content (AvgIpc) is 2.69. The first-order valence-corrected chi connectivity index (χ1v) is 6.27. The normalized spacial score (nSPS) is 25.5. The second kappa shape index (κ2) is 8.01. The number of likely N-dealkylation sites (N-methyl/N-ethyl adjacent to an activating group) is 1. The molecule has 1 aliphatic rings.